The molecule has 1 atom stereocenters. The zero-order chi connectivity index (χ0) is 16.8. The lowest BCUT2D eigenvalue weighted by atomic mass is 10.4. The standard InChI is InChI=1S/C14H18ClN5O2S/c1-9-6-12(21)19-14(18-9)23-10(2)13(22)16-4-3-5-20-8-11(15)7-17-20/h6-8,10H,3-5H2,1-2H3,(H,16,22)(H,18,19,21)/t10-/m1/s1. The molecule has 0 fully saturated rings. The molecule has 0 aliphatic rings. The molecule has 0 aromatic carbocycles. The fourth-order valence-electron chi connectivity index (χ4n) is 1.89. The van der Waals surface area contributed by atoms with Gasteiger partial charge < -0.3 is 10.3 Å². The van der Waals surface area contributed by atoms with Gasteiger partial charge in [0.25, 0.3) is 5.56 Å². The number of hydrogen-bond acceptors (Lipinski definition) is 5. The topological polar surface area (TPSA) is 92.7 Å². The molecule has 0 bridgehead atoms. The molecule has 2 aromatic rings. The number of hydrogen-bond donors (Lipinski definition) is 2. The van der Waals surface area contributed by atoms with Crippen molar-refractivity contribution in [3.63, 3.8) is 0 Å². The zero-order valence-electron chi connectivity index (χ0n) is 12.9. The maximum absolute atomic E-state index is 12.0. The second-order valence-electron chi connectivity index (χ2n) is 5.02. The molecule has 1 amide bonds. The molecule has 0 saturated carbocycles. The molecule has 2 aromatic heterocycles. The molecule has 9 heteroatoms. The highest BCUT2D eigenvalue weighted by molar-refractivity contribution is 8.00. The molecule has 0 spiro atoms. The largest absolute Gasteiger partial charge is 0.355 e. The van der Waals surface area contributed by atoms with E-state index in [9.17, 15) is 9.59 Å². The van der Waals surface area contributed by atoms with Crippen molar-refractivity contribution in [1.29, 1.82) is 0 Å². The summed E-state index contributed by atoms with van der Waals surface area (Å²) in [6.07, 6.45) is 4.07. The highest BCUT2D eigenvalue weighted by Crippen LogP contribution is 2.18. The predicted octanol–water partition coefficient (Wildman–Crippen LogP) is 1.62. The van der Waals surface area contributed by atoms with Gasteiger partial charge in [-0.15, -0.1) is 0 Å². The van der Waals surface area contributed by atoms with Gasteiger partial charge in [-0.2, -0.15) is 5.10 Å². The Bertz CT molecular complexity index is 730. The Morgan fingerprint density at radius 2 is 2.35 bits per heavy atom. The number of H-pyrrole nitrogens is 1. The minimum Gasteiger partial charge on any atom is -0.355 e. The smallest absolute Gasteiger partial charge is 0.251 e. The fraction of sp³-hybridized carbons (Fsp3) is 0.429. The molecule has 23 heavy (non-hydrogen) atoms. The summed E-state index contributed by atoms with van der Waals surface area (Å²) in [5.74, 6) is -0.0994. The van der Waals surface area contributed by atoms with Gasteiger partial charge in [-0.1, -0.05) is 23.4 Å². The minimum absolute atomic E-state index is 0.0994. The number of thioether (sulfide) groups is 1. The van der Waals surface area contributed by atoms with E-state index in [0.717, 1.165) is 6.42 Å². The first-order valence-electron chi connectivity index (χ1n) is 7.14. The molecule has 7 nitrogen and oxygen atoms in total. The molecule has 2 N–H and O–H groups in total. The Morgan fingerprint density at radius 1 is 1.57 bits per heavy atom. The van der Waals surface area contributed by atoms with Crippen molar-refractivity contribution < 1.29 is 4.79 Å². The molecule has 0 radical (unpaired) electrons. The third-order valence-corrected chi connectivity index (χ3v) is 4.15. The van der Waals surface area contributed by atoms with E-state index in [-0.39, 0.29) is 16.7 Å². The van der Waals surface area contributed by atoms with E-state index in [1.165, 1.54) is 17.8 Å². The van der Waals surface area contributed by atoms with Crippen LogP contribution in [0.25, 0.3) is 0 Å². The number of carbonyl (C=O) groups excluding carboxylic acids is 1. The van der Waals surface area contributed by atoms with Crippen LogP contribution >= 0.6 is 23.4 Å². The van der Waals surface area contributed by atoms with Crippen LogP contribution in [0.3, 0.4) is 0 Å². The van der Waals surface area contributed by atoms with Gasteiger partial charge in [-0.25, -0.2) is 4.98 Å². The molecule has 124 valence electrons. The van der Waals surface area contributed by atoms with Crippen molar-refractivity contribution in [2.45, 2.75) is 37.2 Å². The number of aromatic amines is 1. The van der Waals surface area contributed by atoms with Crippen LogP contribution in [0.5, 0.6) is 0 Å². The van der Waals surface area contributed by atoms with Crippen molar-refractivity contribution in [1.82, 2.24) is 25.1 Å². The van der Waals surface area contributed by atoms with Gasteiger partial charge >= 0.3 is 0 Å². The molecular weight excluding hydrogens is 338 g/mol. The maximum Gasteiger partial charge on any atom is 0.251 e. The van der Waals surface area contributed by atoms with Gasteiger partial charge in [-0.3, -0.25) is 14.3 Å². The summed E-state index contributed by atoms with van der Waals surface area (Å²) < 4.78 is 1.73. The molecule has 0 saturated heterocycles. The van der Waals surface area contributed by atoms with E-state index >= 15 is 0 Å². The highest BCUT2D eigenvalue weighted by Gasteiger charge is 2.15. The predicted molar refractivity (Wildman–Crippen MR) is 89.8 cm³/mol. The summed E-state index contributed by atoms with van der Waals surface area (Å²) in [5.41, 5.74) is 0.409. The van der Waals surface area contributed by atoms with Crippen LogP contribution in [-0.2, 0) is 11.3 Å². The molecule has 0 aliphatic heterocycles. The third kappa shape index (κ3) is 5.72. The SMILES string of the molecule is Cc1cc(=O)[nH]c(S[C@H](C)C(=O)NCCCn2cc(Cl)cn2)n1. The second kappa shape index (κ2) is 8.16. The number of nitrogens with zero attached hydrogens (tertiary/aromatic N) is 3. The van der Waals surface area contributed by atoms with Crippen LogP contribution in [0.15, 0.2) is 28.4 Å². The molecular formula is C14H18ClN5O2S. The zero-order valence-corrected chi connectivity index (χ0v) is 14.4. The Labute approximate surface area is 142 Å². The number of nitrogens with one attached hydrogen (secondary N) is 2. The number of carbonyl (C=O) groups is 1. The van der Waals surface area contributed by atoms with Crippen molar-refractivity contribution in [2.24, 2.45) is 0 Å². The number of rotatable bonds is 7. The average Bonchev–Trinajstić information content (AvgIpc) is 2.87. The lowest BCUT2D eigenvalue weighted by Crippen LogP contribution is -2.32. The Morgan fingerprint density at radius 3 is 3.00 bits per heavy atom. The first kappa shape index (κ1) is 17.6. The monoisotopic (exact) mass is 355 g/mol. The van der Waals surface area contributed by atoms with E-state index in [2.05, 4.69) is 20.4 Å². The average molecular weight is 356 g/mol. The van der Waals surface area contributed by atoms with Crippen LogP contribution in [0.2, 0.25) is 5.02 Å². The van der Waals surface area contributed by atoms with E-state index in [1.807, 2.05) is 0 Å². The van der Waals surface area contributed by atoms with Crippen molar-refractivity contribution in [3.8, 4) is 0 Å². The molecule has 2 heterocycles. The van der Waals surface area contributed by atoms with Crippen molar-refractivity contribution >= 4 is 29.3 Å². The van der Waals surface area contributed by atoms with Gasteiger partial charge in [-0.05, 0) is 20.3 Å². The number of amides is 1. The Hall–Kier alpha value is -1.80. The Balaban J connectivity index is 1.75. The lowest BCUT2D eigenvalue weighted by Gasteiger charge is -2.11. The van der Waals surface area contributed by atoms with E-state index in [1.54, 1.807) is 30.9 Å². The van der Waals surface area contributed by atoms with Gasteiger partial charge in [0, 0.05) is 31.0 Å². The van der Waals surface area contributed by atoms with Crippen LogP contribution in [0.1, 0.15) is 19.0 Å². The van der Waals surface area contributed by atoms with E-state index < -0.39 is 0 Å². The summed E-state index contributed by atoms with van der Waals surface area (Å²) in [4.78, 5) is 30.2. The van der Waals surface area contributed by atoms with Gasteiger partial charge in [0.05, 0.1) is 16.5 Å². The van der Waals surface area contributed by atoms with Gasteiger partial charge in [0.1, 0.15) is 0 Å². The lowest BCUT2D eigenvalue weighted by molar-refractivity contribution is -0.120. The fourth-order valence-corrected chi connectivity index (χ4v) is 2.92. The molecule has 0 aliphatic carbocycles. The van der Waals surface area contributed by atoms with Crippen LogP contribution < -0.4 is 10.9 Å². The summed E-state index contributed by atoms with van der Waals surface area (Å²) >= 11 is 7.00. The molecule has 2 rings (SSSR count). The Kier molecular flexibility index (Phi) is 6.23. The first-order valence-corrected chi connectivity index (χ1v) is 8.40. The molecule has 0 unspecified atom stereocenters. The highest BCUT2D eigenvalue weighted by atomic mass is 35.5. The maximum atomic E-state index is 12.0. The summed E-state index contributed by atoms with van der Waals surface area (Å²) in [6, 6.07) is 1.41. The third-order valence-electron chi connectivity index (χ3n) is 2.97. The van der Waals surface area contributed by atoms with Crippen LogP contribution in [-0.4, -0.2) is 37.5 Å². The van der Waals surface area contributed by atoms with Crippen molar-refractivity contribution in [3.05, 3.63) is 39.5 Å². The van der Waals surface area contributed by atoms with Crippen molar-refractivity contribution in [2.75, 3.05) is 6.54 Å². The van der Waals surface area contributed by atoms with Gasteiger partial charge in [0.15, 0.2) is 5.16 Å². The first-order chi connectivity index (χ1) is 10.9. The number of aryl methyl sites for hydroxylation is 2. The minimum atomic E-state index is -0.348. The second-order valence-corrected chi connectivity index (χ2v) is 6.78. The summed E-state index contributed by atoms with van der Waals surface area (Å²) in [7, 11) is 0. The summed E-state index contributed by atoms with van der Waals surface area (Å²) in [5, 5.41) is 7.62. The number of halogens is 1. The van der Waals surface area contributed by atoms with Crippen LogP contribution in [0.4, 0.5) is 0 Å². The van der Waals surface area contributed by atoms with E-state index in [4.69, 9.17) is 11.6 Å². The quantitative estimate of drug-likeness (QED) is 0.447. The van der Waals surface area contributed by atoms with Crippen LogP contribution in [0, 0.1) is 6.92 Å². The van der Waals surface area contributed by atoms with Gasteiger partial charge in [0.2, 0.25) is 5.91 Å². The summed E-state index contributed by atoms with van der Waals surface area (Å²) in [6.45, 7) is 4.74. The van der Waals surface area contributed by atoms with E-state index in [0.29, 0.717) is 29.0 Å². The normalized spacial score (nSPS) is 12.1. The number of aromatic nitrogens is 4.